The van der Waals surface area contributed by atoms with E-state index in [0.29, 0.717) is 22.6 Å². The lowest BCUT2D eigenvalue weighted by atomic mass is 10.2. The fourth-order valence-electron chi connectivity index (χ4n) is 3.21. The summed E-state index contributed by atoms with van der Waals surface area (Å²) in [5.74, 6) is 0.535. The van der Waals surface area contributed by atoms with Gasteiger partial charge in [-0.3, -0.25) is 9.52 Å². The van der Waals surface area contributed by atoms with E-state index in [-0.39, 0.29) is 11.7 Å². The van der Waals surface area contributed by atoms with Crippen molar-refractivity contribution >= 4 is 38.8 Å². The van der Waals surface area contributed by atoms with Crippen LogP contribution in [0, 0.1) is 0 Å². The molecule has 0 atom stereocenters. The third-order valence-electron chi connectivity index (χ3n) is 4.83. The SMILES string of the molecule is CCS(=O)(=O)Nc1ccc(C(=O)Nc2cnn3ccc(N4CCCC4)nc23)cc1. The van der Waals surface area contributed by atoms with Crippen LogP contribution in [-0.2, 0) is 10.0 Å². The molecule has 29 heavy (non-hydrogen) atoms. The fourth-order valence-corrected chi connectivity index (χ4v) is 3.85. The standard InChI is InChI=1S/C19H22N6O3S/c1-2-29(27,28)23-15-7-5-14(6-8-15)19(26)21-16-13-20-25-12-9-17(22-18(16)25)24-10-3-4-11-24/h5-9,12-13,23H,2-4,10-11H2,1H3,(H,21,26). The number of anilines is 3. The number of aromatic nitrogens is 3. The van der Waals surface area contributed by atoms with Gasteiger partial charge in [-0.1, -0.05) is 0 Å². The van der Waals surface area contributed by atoms with Crippen LogP contribution >= 0.6 is 0 Å². The summed E-state index contributed by atoms with van der Waals surface area (Å²) < 4.78 is 27.3. The molecule has 1 aliphatic rings. The number of benzene rings is 1. The summed E-state index contributed by atoms with van der Waals surface area (Å²) in [5.41, 5.74) is 1.91. The molecule has 2 aromatic heterocycles. The second-order valence-corrected chi connectivity index (χ2v) is 8.85. The van der Waals surface area contributed by atoms with E-state index in [0.717, 1.165) is 31.7 Å². The normalized spacial score (nSPS) is 14.3. The lowest BCUT2D eigenvalue weighted by Gasteiger charge is -2.16. The van der Waals surface area contributed by atoms with Gasteiger partial charge in [0.05, 0.1) is 11.9 Å². The molecule has 1 saturated heterocycles. The van der Waals surface area contributed by atoms with E-state index < -0.39 is 10.0 Å². The number of sulfonamides is 1. The summed E-state index contributed by atoms with van der Waals surface area (Å²) in [6, 6.07) is 8.17. The van der Waals surface area contributed by atoms with Gasteiger partial charge in [0.2, 0.25) is 10.0 Å². The van der Waals surface area contributed by atoms with Crippen molar-refractivity contribution in [2.75, 3.05) is 33.8 Å². The zero-order valence-electron chi connectivity index (χ0n) is 16.0. The topological polar surface area (TPSA) is 109 Å². The molecule has 0 bridgehead atoms. The van der Waals surface area contributed by atoms with Crippen molar-refractivity contribution in [3.05, 3.63) is 48.3 Å². The summed E-state index contributed by atoms with van der Waals surface area (Å²) in [6.07, 6.45) is 5.71. The fraction of sp³-hybridized carbons (Fsp3) is 0.316. The second-order valence-electron chi connectivity index (χ2n) is 6.84. The molecule has 0 aliphatic carbocycles. The Morgan fingerprint density at radius 3 is 2.55 bits per heavy atom. The van der Waals surface area contributed by atoms with E-state index in [1.807, 2.05) is 12.3 Å². The Morgan fingerprint density at radius 1 is 1.14 bits per heavy atom. The predicted octanol–water partition coefficient (Wildman–Crippen LogP) is 2.34. The van der Waals surface area contributed by atoms with E-state index in [2.05, 4.69) is 25.0 Å². The molecule has 0 radical (unpaired) electrons. The molecular formula is C19H22N6O3S. The van der Waals surface area contributed by atoms with Crippen LogP contribution in [0.25, 0.3) is 5.65 Å². The molecule has 1 fully saturated rings. The Morgan fingerprint density at radius 2 is 1.86 bits per heavy atom. The molecule has 3 aromatic rings. The van der Waals surface area contributed by atoms with Crippen molar-refractivity contribution in [3.8, 4) is 0 Å². The highest BCUT2D eigenvalue weighted by Crippen LogP contribution is 2.22. The first-order valence-corrected chi connectivity index (χ1v) is 11.1. The molecule has 0 unspecified atom stereocenters. The molecule has 0 saturated carbocycles. The third kappa shape index (κ3) is 4.16. The van der Waals surface area contributed by atoms with Gasteiger partial charge >= 0.3 is 0 Å². The number of amides is 1. The number of nitrogens with zero attached hydrogens (tertiary/aromatic N) is 4. The van der Waals surface area contributed by atoms with Gasteiger partial charge in [-0.2, -0.15) is 5.10 Å². The first-order valence-electron chi connectivity index (χ1n) is 9.46. The van der Waals surface area contributed by atoms with Crippen LogP contribution in [0.4, 0.5) is 17.2 Å². The number of fused-ring (bicyclic) bond motifs is 1. The minimum Gasteiger partial charge on any atom is -0.356 e. The Hall–Kier alpha value is -3.14. The largest absolute Gasteiger partial charge is 0.356 e. The Balaban J connectivity index is 1.52. The lowest BCUT2D eigenvalue weighted by molar-refractivity contribution is 0.102. The summed E-state index contributed by atoms with van der Waals surface area (Å²) in [6.45, 7) is 3.52. The maximum absolute atomic E-state index is 12.6. The van der Waals surface area contributed by atoms with Crippen molar-refractivity contribution in [2.24, 2.45) is 0 Å². The number of hydrogen-bond acceptors (Lipinski definition) is 6. The van der Waals surface area contributed by atoms with Crippen molar-refractivity contribution in [3.63, 3.8) is 0 Å². The number of nitrogens with one attached hydrogen (secondary N) is 2. The summed E-state index contributed by atoms with van der Waals surface area (Å²) in [5, 5.41) is 7.08. The molecular weight excluding hydrogens is 392 g/mol. The average Bonchev–Trinajstić information content (AvgIpc) is 3.38. The molecule has 3 heterocycles. The van der Waals surface area contributed by atoms with Crippen molar-refractivity contribution in [1.82, 2.24) is 14.6 Å². The zero-order valence-corrected chi connectivity index (χ0v) is 16.8. The minimum atomic E-state index is -3.36. The molecule has 1 amide bonds. The van der Waals surface area contributed by atoms with Gasteiger partial charge in [0.1, 0.15) is 11.5 Å². The van der Waals surface area contributed by atoms with E-state index in [1.54, 1.807) is 41.9 Å². The zero-order chi connectivity index (χ0) is 20.4. The maximum Gasteiger partial charge on any atom is 0.255 e. The van der Waals surface area contributed by atoms with Gasteiger partial charge in [0.25, 0.3) is 5.91 Å². The smallest absolute Gasteiger partial charge is 0.255 e. The number of rotatable bonds is 6. The van der Waals surface area contributed by atoms with Crippen LogP contribution in [0.2, 0.25) is 0 Å². The van der Waals surface area contributed by atoms with Crippen molar-refractivity contribution in [2.45, 2.75) is 19.8 Å². The molecule has 152 valence electrons. The third-order valence-corrected chi connectivity index (χ3v) is 6.14. The molecule has 2 N–H and O–H groups in total. The predicted molar refractivity (Wildman–Crippen MR) is 112 cm³/mol. The number of carbonyl (C=O) groups excluding carboxylic acids is 1. The molecule has 10 heteroatoms. The maximum atomic E-state index is 12.6. The van der Waals surface area contributed by atoms with Gasteiger partial charge in [0, 0.05) is 30.5 Å². The van der Waals surface area contributed by atoms with Crippen LogP contribution in [0.15, 0.2) is 42.7 Å². The van der Waals surface area contributed by atoms with Gasteiger partial charge < -0.3 is 10.2 Å². The highest BCUT2D eigenvalue weighted by atomic mass is 32.2. The molecule has 9 nitrogen and oxygen atoms in total. The summed E-state index contributed by atoms with van der Waals surface area (Å²) in [4.78, 5) is 19.5. The highest BCUT2D eigenvalue weighted by Gasteiger charge is 2.17. The van der Waals surface area contributed by atoms with Crippen LogP contribution in [0.3, 0.4) is 0 Å². The van der Waals surface area contributed by atoms with E-state index >= 15 is 0 Å². The van der Waals surface area contributed by atoms with Gasteiger partial charge in [0.15, 0.2) is 5.65 Å². The van der Waals surface area contributed by atoms with E-state index in [9.17, 15) is 13.2 Å². The van der Waals surface area contributed by atoms with Gasteiger partial charge in [-0.15, -0.1) is 0 Å². The second kappa shape index (κ2) is 7.70. The van der Waals surface area contributed by atoms with Gasteiger partial charge in [-0.25, -0.2) is 17.9 Å². The van der Waals surface area contributed by atoms with Crippen molar-refractivity contribution in [1.29, 1.82) is 0 Å². The number of hydrogen-bond donors (Lipinski definition) is 2. The van der Waals surface area contributed by atoms with E-state index in [1.165, 1.54) is 0 Å². The minimum absolute atomic E-state index is 0.0175. The van der Waals surface area contributed by atoms with Crippen LogP contribution in [0.5, 0.6) is 0 Å². The average molecular weight is 414 g/mol. The van der Waals surface area contributed by atoms with Crippen molar-refractivity contribution < 1.29 is 13.2 Å². The summed E-state index contributed by atoms with van der Waals surface area (Å²) >= 11 is 0. The summed E-state index contributed by atoms with van der Waals surface area (Å²) in [7, 11) is -3.36. The molecule has 4 rings (SSSR count). The van der Waals surface area contributed by atoms with E-state index in [4.69, 9.17) is 0 Å². The molecule has 0 spiro atoms. The number of carbonyl (C=O) groups is 1. The first-order chi connectivity index (χ1) is 13.9. The Labute approximate surface area is 168 Å². The van der Waals surface area contributed by atoms with Crippen LogP contribution < -0.4 is 14.9 Å². The monoisotopic (exact) mass is 414 g/mol. The quantitative estimate of drug-likeness (QED) is 0.641. The Bertz CT molecular complexity index is 1130. The molecule has 1 aromatic carbocycles. The van der Waals surface area contributed by atoms with Gasteiger partial charge in [-0.05, 0) is 50.1 Å². The van der Waals surface area contributed by atoms with Crippen LogP contribution in [0.1, 0.15) is 30.1 Å². The lowest BCUT2D eigenvalue weighted by Crippen LogP contribution is -2.19. The Kier molecular flexibility index (Phi) is 5.10. The first kappa shape index (κ1) is 19.2. The molecule has 1 aliphatic heterocycles. The van der Waals surface area contributed by atoms with Crippen LogP contribution in [-0.4, -0.2) is 47.8 Å². The highest BCUT2D eigenvalue weighted by molar-refractivity contribution is 7.92.